The van der Waals surface area contributed by atoms with Crippen LogP contribution in [-0.2, 0) is 0 Å². The number of H-pyrrole nitrogens is 1. The molecule has 0 unspecified atom stereocenters. The third-order valence-corrected chi connectivity index (χ3v) is 3.72. The third-order valence-electron chi connectivity index (χ3n) is 3.47. The van der Waals surface area contributed by atoms with Crippen LogP contribution in [0.5, 0.6) is 5.75 Å². The number of carbonyl (C=O) groups is 1. The number of hydrazone groups is 1. The molecule has 0 atom stereocenters. The van der Waals surface area contributed by atoms with Gasteiger partial charge in [-0.3, -0.25) is 9.89 Å². The summed E-state index contributed by atoms with van der Waals surface area (Å²) in [7, 11) is 1.58. The van der Waals surface area contributed by atoms with Crippen LogP contribution >= 0.6 is 11.6 Å². The average Bonchev–Trinajstić information content (AvgIpc) is 3.13. The monoisotopic (exact) mass is 354 g/mol. The number of carbonyl (C=O) groups excluding carboxylic acids is 1. The number of rotatable bonds is 5. The molecule has 1 aromatic heterocycles. The van der Waals surface area contributed by atoms with Gasteiger partial charge in [0.15, 0.2) is 0 Å². The van der Waals surface area contributed by atoms with Crippen molar-refractivity contribution in [1.82, 2.24) is 15.6 Å². The molecule has 3 aromatic rings. The van der Waals surface area contributed by atoms with Gasteiger partial charge in [-0.1, -0.05) is 35.9 Å². The van der Waals surface area contributed by atoms with Gasteiger partial charge in [-0.15, -0.1) is 0 Å². The van der Waals surface area contributed by atoms with E-state index in [4.69, 9.17) is 16.3 Å². The molecule has 126 valence electrons. The number of para-hydroxylation sites is 1. The first-order valence-corrected chi connectivity index (χ1v) is 7.83. The van der Waals surface area contributed by atoms with Gasteiger partial charge >= 0.3 is 0 Å². The van der Waals surface area contributed by atoms with Crippen LogP contribution in [0.25, 0.3) is 11.3 Å². The second-order valence-corrected chi connectivity index (χ2v) is 5.55. The topological polar surface area (TPSA) is 79.4 Å². The van der Waals surface area contributed by atoms with E-state index in [1.54, 1.807) is 25.3 Å². The fourth-order valence-electron chi connectivity index (χ4n) is 2.20. The fraction of sp³-hybridized carbons (Fsp3) is 0.0556. The predicted molar refractivity (Wildman–Crippen MR) is 97.1 cm³/mol. The molecule has 2 aromatic carbocycles. The second kappa shape index (κ2) is 7.63. The lowest BCUT2D eigenvalue weighted by atomic mass is 10.1. The van der Waals surface area contributed by atoms with Gasteiger partial charge in [-0.05, 0) is 30.3 Å². The molecule has 6 nitrogen and oxygen atoms in total. The molecule has 0 aliphatic carbocycles. The summed E-state index contributed by atoms with van der Waals surface area (Å²) in [5, 5.41) is 11.4. The third kappa shape index (κ3) is 4.05. The van der Waals surface area contributed by atoms with Gasteiger partial charge in [0.05, 0.1) is 19.0 Å². The van der Waals surface area contributed by atoms with Crippen molar-refractivity contribution in [3.8, 4) is 17.0 Å². The molecule has 2 N–H and O–H groups in total. The first-order valence-electron chi connectivity index (χ1n) is 7.45. The zero-order chi connectivity index (χ0) is 17.6. The van der Waals surface area contributed by atoms with E-state index >= 15 is 0 Å². The summed E-state index contributed by atoms with van der Waals surface area (Å²) < 4.78 is 5.22. The smallest absolute Gasteiger partial charge is 0.289 e. The van der Waals surface area contributed by atoms with Crippen LogP contribution in [0.2, 0.25) is 5.02 Å². The molecule has 3 rings (SSSR count). The van der Waals surface area contributed by atoms with E-state index in [0.29, 0.717) is 22.2 Å². The molecule has 1 heterocycles. The maximum absolute atomic E-state index is 12.1. The minimum atomic E-state index is -0.390. The lowest BCUT2D eigenvalue weighted by Gasteiger charge is -2.02. The Hall–Kier alpha value is -3.12. The van der Waals surface area contributed by atoms with Crippen molar-refractivity contribution in [2.45, 2.75) is 0 Å². The molecule has 7 heteroatoms. The largest absolute Gasteiger partial charge is 0.496 e. The summed E-state index contributed by atoms with van der Waals surface area (Å²) in [5.41, 5.74) is 5.03. The fourth-order valence-corrected chi connectivity index (χ4v) is 2.33. The van der Waals surface area contributed by atoms with E-state index in [1.807, 2.05) is 36.4 Å². The number of hydrogen-bond acceptors (Lipinski definition) is 4. The molecule has 0 bridgehead atoms. The van der Waals surface area contributed by atoms with Crippen molar-refractivity contribution in [3.05, 3.63) is 70.9 Å². The Labute approximate surface area is 149 Å². The van der Waals surface area contributed by atoms with Gasteiger partial charge in [-0.2, -0.15) is 10.2 Å². The van der Waals surface area contributed by atoms with E-state index in [-0.39, 0.29) is 5.91 Å². The van der Waals surface area contributed by atoms with Crippen molar-refractivity contribution < 1.29 is 9.53 Å². The van der Waals surface area contributed by atoms with Crippen LogP contribution in [0, 0.1) is 0 Å². The van der Waals surface area contributed by atoms with E-state index in [2.05, 4.69) is 20.7 Å². The van der Waals surface area contributed by atoms with E-state index in [9.17, 15) is 4.79 Å². The number of nitrogens with one attached hydrogen (secondary N) is 2. The van der Waals surface area contributed by atoms with Crippen molar-refractivity contribution in [1.29, 1.82) is 0 Å². The first-order chi connectivity index (χ1) is 12.2. The lowest BCUT2D eigenvalue weighted by Crippen LogP contribution is -2.18. The van der Waals surface area contributed by atoms with Gasteiger partial charge in [0, 0.05) is 16.1 Å². The highest BCUT2D eigenvalue weighted by Gasteiger charge is 2.10. The van der Waals surface area contributed by atoms with Crippen LogP contribution < -0.4 is 10.2 Å². The Kier molecular flexibility index (Phi) is 5.11. The van der Waals surface area contributed by atoms with Gasteiger partial charge < -0.3 is 4.74 Å². The number of benzene rings is 2. The number of ether oxygens (including phenoxy) is 1. The minimum Gasteiger partial charge on any atom is -0.496 e. The zero-order valence-electron chi connectivity index (χ0n) is 13.4. The summed E-state index contributed by atoms with van der Waals surface area (Å²) in [4.78, 5) is 12.1. The molecule has 0 saturated heterocycles. The Morgan fingerprint density at radius 1 is 1.24 bits per heavy atom. The molecule has 0 saturated carbocycles. The number of aromatic amines is 1. The molecule has 0 aliphatic heterocycles. The van der Waals surface area contributed by atoms with Crippen LogP contribution in [0.3, 0.4) is 0 Å². The summed E-state index contributed by atoms with van der Waals surface area (Å²) >= 11 is 5.87. The van der Waals surface area contributed by atoms with Gasteiger partial charge in [0.1, 0.15) is 11.4 Å². The standard InChI is InChI=1S/C18H15ClN4O2/c1-25-17-5-3-2-4-13(17)11-20-23-18(24)16-10-15(21-22-16)12-6-8-14(19)9-7-12/h2-11H,1H3,(H,21,22)(H,23,24). The normalized spacial score (nSPS) is 10.8. The number of aromatic nitrogens is 2. The van der Waals surface area contributed by atoms with Gasteiger partial charge in [0.2, 0.25) is 0 Å². The minimum absolute atomic E-state index is 0.308. The number of nitrogens with zero attached hydrogens (tertiary/aromatic N) is 2. The Morgan fingerprint density at radius 3 is 2.76 bits per heavy atom. The summed E-state index contributed by atoms with van der Waals surface area (Å²) in [5.74, 6) is 0.283. The van der Waals surface area contributed by atoms with Crippen molar-refractivity contribution in [3.63, 3.8) is 0 Å². The van der Waals surface area contributed by atoms with Gasteiger partial charge in [0.25, 0.3) is 5.91 Å². The Morgan fingerprint density at radius 2 is 2.00 bits per heavy atom. The zero-order valence-corrected chi connectivity index (χ0v) is 14.1. The van der Waals surface area contributed by atoms with Crippen molar-refractivity contribution in [2.24, 2.45) is 5.10 Å². The SMILES string of the molecule is COc1ccccc1C=NNC(=O)c1cc(-c2ccc(Cl)cc2)n[nH]1. The summed E-state index contributed by atoms with van der Waals surface area (Å²) in [6, 6.07) is 16.2. The molecular formula is C18H15ClN4O2. The van der Waals surface area contributed by atoms with Crippen molar-refractivity contribution in [2.75, 3.05) is 7.11 Å². The molecule has 25 heavy (non-hydrogen) atoms. The Bertz CT molecular complexity index is 903. The summed E-state index contributed by atoms with van der Waals surface area (Å²) in [6.07, 6.45) is 1.52. The number of hydrogen-bond donors (Lipinski definition) is 2. The first kappa shape index (κ1) is 16.7. The van der Waals surface area contributed by atoms with E-state index in [1.165, 1.54) is 6.21 Å². The van der Waals surface area contributed by atoms with Crippen molar-refractivity contribution >= 4 is 23.7 Å². The maximum atomic E-state index is 12.1. The molecular weight excluding hydrogens is 340 g/mol. The average molecular weight is 355 g/mol. The highest BCUT2D eigenvalue weighted by molar-refractivity contribution is 6.30. The van der Waals surface area contributed by atoms with Crippen LogP contribution in [0.15, 0.2) is 59.7 Å². The molecule has 0 fully saturated rings. The number of methoxy groups -OCH3 is 1. The Balaban J connectivity index is 1.68. The summed E-state index contributed by atoms with van der Waals surface area (Å²) in [6.45, 7) is 0. The molecule has 0 spiro atoms. The number of amides is 1. The van der Waals surface area contributed by atoms with E-state index < -0.39 is 0 Å². The molecule has 1 amide bonds. The van der Waals surface area contributed by atoms with E-state index in [0.717, 1.165) is 11.1 Å². The van der Waals surface area contributed by atoms with Gasteiger partial charge in [-0.25, -0.2) is 5.43 Å². The molecule has 0 aliphatic rings. The second-order valence-electron chi connectivity index (χ2n) is 5.11. The number of halogens is 1. The van der Waals surface area contributed by atoms with Crippen LogP contribution in [-0.4, -0.2) is 29.4 Å². The molecule has 0 radical (unpaired) electrons. The predicted octanol–water partition coefficient (Wildman–Crippen LogP) is 3.50. The van der Waals surface area contributed by atoms with Crippen LogP contribution in [0.1, 0.15) is 16.1 Å². The quantitative estimate of drug-likeness (QED) is 0.543. The lowest BCUT2D eigenvalue weighted by molar-refractivity contribution is 0.0950. The highest BCUT2D eigenvalue weighted by atomic mass is 35.5. The highest BCUT2D eigenvalue weighted by Crippen LogP contribution is 2.20. The van der Waals surface area contributed by atoms with Crippen LogP contribution in [0.4, 0.5) is 0 Å². The maximum Gasteiger partial charge on any atom is 0.289 e.